The molecule has 1 aromatic rings. The van der Waals surface area contributed by atoms with Gasteiger partial charge in [0.05, 0.1) is 12.2 Å². The third kappa shape index (κ3) is 2.58. The van der Waals surface area contributed by atoms with Gasteiger partial charge in [-0.05, 0) is 18.6 Å². The number of Topliss-reactive ketones (excluding diaryl/α,β-unsaturated/α-hetero) is 1. The maximum atomic E-state index is 11.0. The Morgan fingerprint density at radius 2 is 2.15 bits per heavy atom. The number of ketones is 1. The van der Waals surface area contributed by atoms with Crippen LogP contribution in [-0.2, 0) is 0 Å². The molecule has 1 radical (unpaired) electrons. The van der Waals surface area contributed by atoms with Crippen LogP contribution in [0.15, 0.2) is 24.3 Å². The van der Waals surface area contributed by atoms with Crippen LogP contribution in [0.2, 0.25) is 0 Å². The quantitative estimate of drug-likeness (QED) is 0.660. The Hall–Kier alpha value is -1.31. The lowest BCUT2D eigenvalue weighted by molar-refractivity contribution is 0.104. The van der Waals surface area contributed by atoms with Gasteiger partial charge in [-0.15, -0.1) is 0 Å². The molecule has 0 atom stereocenters. The number of hydrogen-bond acceptors (Lipinski definition) is 2. The summed E-state index contributed by atoms with van der Waals surface area (Å²) in [5.41, 5.74) is 0.552. The van der Waals surface area contributed by atoms with Crippen LogP contribution in [0.25, 0.3) is 0 Å². The molecule has 2 heteroatoms. The fourth-order valence-electron chi connectivity index (χ4n) is 1.03. The van der Waals surface area contributed by atoms with E-state index in [1.54, 1.807) is 18.2 Å². The fraction of sp³-hybridized carbons (Fsp3) is 0.273. The summed E-state index contributed by atoms with van der Waals surface area (Å²) in [5, 5.41) is 0. The van der Waals surface area contributed by atoms with Crippen molar-refractivity contribution in [3.63, 3.8) is 0 Å². The van der Waals surface area contributed by atoms with Crippen LogP contribution in [-0.4, -0.2) is 12.4 Å². The van der Waals surface area contributed by atoms with Gasteiger partial charge in [0, 0.05) is 6.92 Å². The molecule has 0 aliphatic carbocycles. The van der Waals surface area contributed by atoms with Crippen molar-refractivity contribution in [2.24, 2.45) is 0 Å². The second-order valence-electron chi connectivity index (χ2n) is 2.77. The van der Waals surface area contributed by atoms with Gasteiger partial charge in [0.25, 0.3) is 0 Å². The average molecular weight is 177 g/mol. The van der Waals surface area contributed by atoms with Gasteiger partial charge in [-0.1, -0.05) is 19.1 Å². The first-order valence-corrected chi connectivity index (χ1v) is 4.33. The number of ether oxygens (including phenoxy) is 1. The molecule has 0 aliphatic heterocycles. The van der Waals surface area contributed by atoms with E-state index in [4.69, 9.17) is 4.74 Å². The largest absolute Gasteiger partial charge is 0.493 e. The van der Waals surface area contributed by atoms with E-state index in [0.29, 0.717) is 17.9 Å². The minimum absolute atomic E-state index is 0.202. The third-order valence-corrected chi connectivity index (χ3v) is 1.65. The minimum atomic E-state index is -0.202. The summed E-state index contributed by atoms with van der Waals surface area (Å²) >= 11 is 0. The van der Waals surface area contributed by atoms with Gasteiger partial charge in [-0.3, -0.25) is 4.79 Å². The van der Waals surface area contributed by atoms with Gasteiger partial charge < -0.3 is 4.74 Å². The molecule has 0 saturated heterocycles. The predicted molar refractivity (Wildman–Crippen MR) is 51.9 cm³/mol. The first-order chi connectivity index (χ1) is 6.25. The highest BCUT2D eigenvalue weighted by Crippen LogP contribution is 2.18. The average Bonchev–Trinajstić information content (AvgIpc) is 2.15. The zero-order valence-corrected chi connectivity index (χ0v) is 7.75. The molecule has 0 aliphatic rings. The number of para-hydroxylation sites is 1. The van der Waals surface area contributed by atoms with E-state index >= 15 is 0 Å². The standard InChI is InChI=1S/C11H13O2/c1-3-8-13-11-7-5-4-6-10(11)9(2)12/h4-7H,2-3,8H2,1H3. The lowest BCUT2D eigenvalue weighted by Crippen LogP contribution is -2.01. The molecule has 1 rings (SSSR count). The van der Waals surface area contributed by atoms with Crippen LogP contribution in [0, 0.1) is 6.92 Å². The Labute approximate surface area is 78.5 Å². The van der Waals surface area contributed by atoms with Gasteiger partial charge in [0.2, 0.25) is 0 Å². The number of benzene rings is 1. The summed E-state index contributed by atoms with van der Waals surface area (Å²) < 4.78 is 5.39. The van der Waals surface area contributed by atoms with Crippen molar-refractivity contribution in [1.82, 2.24) is 0 Å². The molecule has 0 N–H and O–H groups in total. The summed E-state index contributed by atoms with van der Waals surface area (Å²) in [5.74, 6) is 0.427. The van der Waals surface area contributed by atoms with Crippen molar-refractivity contribution in [3.05, 3.63) is 36.8 Å². The van der Waals surface area contributed by atoms with Crippen LogP contribution in [0.1, 0.15) is 23.7 Å². The van der Waals surface area contributed by atoms with E-state index in [-0.39, 0.29) is 5.78 Å². The normalized spacial score (nSPS) is 9.69. The molecule has 0 heterocycles. The van der Waals surface area contributed by atoms with Crippen LogP contribution < -0.4 is 4.74 Å². The fourth-order valence-corrected chi connectivity index (χ4v) is 1.03. The molecule has 0 bridgehead atoms. The highest BCUT2D eigenvalue weighted by atomic mass is 16.5. The monoisotopic (exact) mass is 177 g/mol. The lowest BCUT2D eigenvalue weighted by atomic mass is 10.1. The summed E-state index contributed by atoms with van der Waals surface area (Å²) in [6.07, 6.45) is 0.930. The van der Waals surface area contributed by atoms with Crippen molar-refractivity contribution in [3.8, 4) is 5.75 Å². The van der Waals surface area contributed by atoms with E-state index in [1.165, 1.54) is 0 Å². The molecule has 13 heavy (non-hydrogen) atoms. The maximum Gasteiger partial charge on any atom is 0.167 e. The van der Waals surface area contributed by atoms with Gasteiger partial charge in [-0.2, -0.15) is 0 Å². The van der Waals surface area contributed by atoms with Crippen molar-refractivity contribution >= 4 is 5.78 Å². The molecule has 0 saturated carbocycles. The van der Waals surface area contributed by atoms with Crippen LogP contribution in [0.4, 0.5) is 0 Å². The number of carbonyl (C=O) groups excluding carboxylic acids is 1. The number of hydrogen-bond donors (Lipinski definition) is 0. The molecular weight excluding hydrogens is 164 g/mol. The molecule has 0 amide bonds. The van der Waals surface area contributed by atoms with E-state index in [9.17, 15) is 4.79 Å². The molecule has 2 nitrogen and oxygen atoms in total. The molecule has 1 aromatic carbocycles. The molecule has 0 aromatic heterocycles. The Morgan fingerprint density at radius 1 is 1.46 bits per heavy atom. The number of rotatable bonds is 4. The van der Waals surface area contributed by atoms with E-state index < -0.39 is 0 Å². The van der Waals surface area contributed by atoms with Gasteiger partial charge in [0.1, 0.15) is 5.75 Å². The molecule has 0 unspecified atom stereocenters. The topological polar surface area (TPSA) is 26.3 Å². The summed E-state index contributed by atoms with van der Waals surface area (Å²) in [6.45, 7) is 6.01. The first-order valence-electron chi connectivity index (χ1n) is 4.33. The van der Waals surface area contributed by atoms with E-state index in [1.807, 2.05) is 13.0 Å². The summed E-state index contributed by atoms with van der Waals surface area (Å²) in [4.78, 5) is 11.0. The number of carbonyl (C=O) groups is 1. The Morgan fingerprint density at radius 3 is 2.77 bits per heavy atom. The van der Waals surface area contributed by atoms with E-state index in [2.05, 4.69) is 6.92 Å². The van der Waals surface area contributed by atoms with Crippen molar-refractivity contribution in [1.29, 1.82) is 0 Å². The highest BCUT2D eigenvalue weighted by molar-refractivity contribution is 6.01. The maximum absolute atomic E-state index is 11.0. The Kier molecular flexibility index (Phi) is 3.50. The zero-order chi connectivity index (χ0) is 9.68. The van der Waals surface area contributed by atoms with Crippen LogP contribution >= 0.6 is 0 Å². The minimum Gasteiger partial charge on any atom is -0.493 e. The second-order valence-corrected chi connectivity index (χ2v) is 2.77. The van der Waals surface area contributed by atoms with Crippen LogP contribution in [0.3, 0.4) is 0 Å². The van der Waals surface area contributed by atoms with Crippen molar-refractivity contribution in [2.75, 3.05) is 6.61 Å². The van der Waals surface area contributed by atoms with E-state index in [0.717, 1.165) is 6.42 Å². The lowest BCUT2D eigenvalue weighted by Gasteiger charge is -2.07. The smallest absolute Gasteiger partial charge is 0.167 e. The predicted octanol–water partition coefficient (Wildman–Crippen LogP) is 2.49. The third-order valence-electron chi connectivity index (χ3n) is 1.65. The summed E-state index contributed by atoms with van der Waals surface area (Å²) in [7, 11) is 0. The SMILES string of the molecule is [CH2]C(=O)c1ccccc1OCCC. The van der Waals surface area contributed by atoms with Crippen LogP contribution in [0.5, 0.6) is 5.75 Å². The molecule has 69 valence electrons. The van der Waals surface area contributed by atoms with Gasteiger partial charge in [-0.25, -0.2) is 0 Å². The molecule has 0 fully saturated rings. The molecule has 0 spiro atoms. The first kappa shape index (κ1) is 9.78. The van der Waals surface area contributed by atoms with Crippen molar-refractivity contribution < 1.29 is 9.53 Å². The second kappa shape index (κ2) is 4.65. The van der Waals surface area contributed by atoms with Gasteiger partial charge in [0.15, 0.2) is 5.78 Å². The Balaban J connectivity index is 2.84. The van der Waals surface area contributed by atoms with Gasteiger partial charge >= 0.3 is 0 Å². The highest BCUT2D eigenvalue weighted by Gasteiger charge is 2.05. The zero-order valence-electron chi connectivity index (χ0n) is 7.75. The Bertz CT molecular complexity index is 292. The summed E-state index contributed by atoms with van der Waals surface area (Å²) in [6, 6.07) is 7.16. The molecular formula is C11H13O2. The van der Waals surface area contributed by atoms with Crippen molar-refractivity contribution in [2.45, 2.75) is 13.3 Å².